The predicted molar refractivity (Wildman–Crippen MR) is 94.1 cm³/mol. The highest BCUT2D eigenvalue weighted by Gasteiger charge is 2.33. The summed E-state index contributed by atoms with van der Waals surface area (Å²) in [6.07, 6.45) is -1.16. The Morgan fingerprint density at radius 2 is 1.80 bits per heavy atom. The van der Waals surface area contributed by atoms with E-state index in [-0.39, 0.29) is 5.69 Å². The van der Waals surface area contributed by atoms with Crippen LogP contribution in [0.5, 0.6) is 0 Å². The molecule has 0 radical (unpaired) electrons. The molecule has 25 heavy (non-hydrogen) atoms. The molecule has 0 fully saturated rings. The molecule has 2 aromatic heterocycles. The first-order valence-corrected chi connectivity index (χ1v) is 8.87. The minimum absolute atomic E-state index is 0.227. The van der Waals surface area contributed by atoms with Crippen molar-refractivity contribution in [3.05, 3.63) is 59.5 Å². The molecule has 3 nitrogen and oxygen atoms in total. The van der Waals surface area contributed by atoms with Gasteiger partial charge in [0, 0.05) is 22.0 Å². The number of pyridine rings is 1. The molecular formula is C18H17F3N2OS. The smallest absolute Gasteiger partial charge is 0.360 e. The Morgan fingerprint density at radius 1 is 1.12 bits per heavy atom. The average Bonchev–Trinajstić information content (AvgIpc) is 3.06. The van der Waals surface area contributed by atoms with Crippen molar-refractivity contribution in [3.63, 3.8) is 0 Å². The highest BCUT2D eigenvalue weighted by Crippen LogP contribution is 2.30. The fraction of sp³-hybridized carbons (Fsp3) is 0.222. The second-order valence-electron chi connectivity index (χ2n) is 4.82. The minimum atomic E-state index is -4.58. The first kappa shape index (κ1) is 19.1. The lowest BCUT2D eigenvalue weighted by Gasteiger charge is -2.07. The van der Waals surface area contributed by atoms with Gasteiger partial charge in [0.05, 0.1) is 5.52 Å². The topological polar surface area (TPSA) is 45.8 Å². The molecule has 0 saturated heterocycles. The van der Waals surface area contributed by atoms with E-state index >= 15 is 0 Å². The first-order chi connectivity index (χ1) is 11.9. The summed E-state index contributed by atoms with van der Waals surface area (Å²) in [6.45, 7) is 4.00. The van der Waals surface area contributed by atoms with Crippen LogP contribution in [0.3, 0.4) is 0 Å². The van der Waals surface area contributed by atoms with E-state index < -0.39 is 17.7 Å². The Hall–Kier alpha value is -2.28. The van der Waals surface area contributed by atoms with Crippen molar-refractivity contribution in [2.24, 2.45) is 0 Å². The molecule has 0 spiro atoms. The highest BCUT2D eigenvalue weighted by molar-refractivity contribution is 7.98. The minimum Gasteiger partial charge on any atom is -0.360 e. The lowest BCUT2D eigenvalue weighted by atomic mass is 10.1. The first-order valence-electron chi connectivity index (χ1n) is 7.65. The van der Waals surface area contributed by atoms with E-state index in [4.69, 9.17) is 0 Å². The van der Waals surface area contributed by atoms with Crippen LogP contribution in [0.4, 0.5) is 13.2 Å². The molecule has 7 heteroatoms. The summed E-state index contributed by atoms with van der Waals surface area (Å²) >= 11 is 1.52. The lowest BCUT2D eigenvalue weighted by molar-refractivity contribution is -0.141. The largest absolute Gasteiger partial charge is 0.433 e. The number of nitrogens with one attached hydrogen (secondary N) is 1. The molecular weight excluding hydrogens is 349 g/mol. The van der Waals surface area contributed by atoms with Crippen LogP contribution < -0.4 is 0 Å². The van der Waals surface area contributed by atoms with Crippen LogP contribution in [0.1, 0.15) is 35.6 Å². The quantitative estimate of drug-likeness (QED) is 0.487. The van der Waals surface area contributed by atoms with Gasteiger partial charge in [-0.1, -0.05) is 32.0 Å². The lowest BCUT2D eigenvalue weighted by Crippen LogP contribution is -2.12. The van der Waals surface area contributed by atoms with E-state index in [1.165, 1.54) is 30.1 Å². The zero-order valence-corrected chi connectivity index (χ0v) is 14.8. The van der Waals surface area contributed by atoms with E-state index in [0.29, 0.717) is 10.9 Å². The molecule has 132 valence electrons. The van der Waals surface area contributed by atoms with E-state index in [1.54, 1.807) is 12.1 Å². The molecule has 0 aliphatic carbocycles. The van der Waals surface area contributed by atoms with E-state index in [9.17, 15) is 18.0 Å². The molecule has 0 aliphatic rings. The van der Waals surface area contributed by atoms with Crippen LogP contribution in [0.2, 0.25) is 0 Å². The van der Waals surface area contributed by atoms with Crippen LogP contribution in [0.15, 0.2) is 47.5 Å². The van der Waals surface area contributed by atoms with Gasteiger partial charge < -0.3 is 4.98 Å². The van der Waals surface area contributed by atoms with Crippen molar-refractivity contribution in [2.45, 2.75) is 24.9 Å². The summed E-state index contributed by atoms with van der Waals surface area (Å²) in [5, 5.41) is 0.668. The number of ketones is 1. The molecule has 0 aliphatic heterocycles. The number of nitrogens with zero attached hydrogens (tertiary/aromatic N) is 1. The molecule has 0 saturated carbocycles. The number of carbonyl (C=O) groups is 1. The Labute approximate surface area is 147 Å². The number of halogens is 3. The number of alkyl halides is 3. The van der Waals surface area contributed by atoms with Crippen molar-refractivity contribution in [1.29, 1.82) is 0 Å². The van der Waals surface area contributed by atoms with Crippen molar-refractivity contribution in [3.8, 4) is 0 Å². The van der Waals surface area contributed by atoms with Gasteiger partial charge in [-0.05, 0) is 24.5 Å². The number of carbonyl (C=O) groups excluding carboxylic acids is 1. The molecule has 3 aromatic rings. The number of benzene rings is 1. The van der Waals surface area contributed by atoms with Crippen molar-refractivity contribution in [2.75, 3.05) is 6.26 Å². The maximum atomic E-state index is 12.7. The van der Waals surface area contributed by atoms with Gasteiger partial charge in [0.15, 0.2) is 0 Å². The molecule has 3 rings (SSSR count). The third kappa shape index (κ3) is 3.87. The SMILES string of the molecule is CC.CSc1cccc2c(C(=O)c3cccc(C(F)(F)F)n3)c[nH]c12. The summed E-state index contributed by atoms with van der Waals surface area (Å²) in [7, 11) is 0. The standard InChI is InChI=1S/C16H11F3N2OS.C2H6/c1-23-12-6-2-4-9-10(8-20-14(9)12)15(22)11-5-3-7-13(21-11)16(17,18)19;1-2/h2-8,20H,1H3;1-2H3. The summed E-state index contributed by atoms with van der Waals surface area (Å²) in [5.41, 5.74) is -0.207. The Bertz CT molecular complexity index is 887. The Morgan fingerprint density at radius 3 is 2.44 bits per heavy atom. The van der Waals surface area contributed by atoms with Crippen molar-refractivity contribution < 1.29 is 18.0 Å². The van der Waals surface area contributed by atoms with Crippen LogP contribution in [-0.2, 0) is 6.18 Å². The summed E-state index contributed by atoms with van der Waals surface area (Å²) in [4.78, 5) is 20.0. The molecule has 0 atom stereocenters. The molecule has 1 N–H and O–H groups in total. The van der Waals surface area contributed by atoms with Gasteiger partial charge in [0.2, 0.25) is 5.78 Å². The number of fused-ring (bicyclic) bond motifs is 1. The van der Waals surface area contributed by atoms with Gasteiger partial charge in [0.25, 0.3) is 0 Å². The van der Waals surface area contributed by atoms with Crippen LogP contribution in [0, 0.1) is 0 Å². The molecule has 2 heterocycles. The zero-order chi connectivity index (χ0) is 18.6. The number of aromatic nitrogens is 2. The maximum absolute atomic E-state index is 12.7. The van der Waals surface area contributed by atoms with Crippen LogP contribution >= 0.6 is 11.8 Å². The van der Waals surface area contributed by atoms with Gasteiger partial charge in [-0.3, -0.25) is 4.79 Å². The number of H-pyrrole nitrogens is 1. The van der Waals surface area contributed by atoms with Gasteiger partial charge in [-0.2, -0.15) is 13.2 Å². The molecule has 1 aromatic carbocycles. The van der Waals surface area contributed by atoms with E-state index in [2.05, 4.69) is 9.97 Å². The second kappa shape index (κ2) is 7.74. The fourth-order valence-electron chi connectivity index (χ4n) is 2.34. The molecule has 0 bridgehead atoms. The third-order valence-corrected chi connectivity index (χ3v) is 4.19. The van der Waals surface area contributed by atoms with Gasteiger partial charge >= 0.3 is 6.18 Å². The second-order valence-corrected chi connectivity index (χ2v) is 5.67. The number of thioether (sulfide) groups is 1. The van der Waals surface area contributed by atoms with Crippen LogP contribution in [0.25, 0.3) is 10.9 Å². The van der Waals surface area contributed by atoms with Gasteiger partial charge in [0.1, 0.15) is 11.4 Å². The van der Waals surface area contributed by atoms with E-state index in [0.717, 1.165) is 16.5 Å². The number of hydrogen-bond donors (Lipinski definition) is 1. The summed E-state index contributed by atoms with van der Waals surface area (Å²) < 4.78 is 38.2. The molecule has 0 amide bonds. The maximum Gasteiger partial charge on any atom is 0.433 e. The van der Waals surface area contributed by atoms with Gasteiger partial charge in [-0.15, -0.1) is 11.8 Å². The summed E-state index contributed by atoms with van der Waals surface area (Å²) in [5.74, 6) is -0.541. The third-order valence-electron chi connectivity index (χ3n) is 3.41. The number of rotatable bonds is 3. The highest BCUT2D eigenvalue weighted by atomic mass is 32.2. The van der Waals surface area contributed by atoms with Crippen molar-refractivity contribution in [1.82, 2.24) is 9.97 Å². The van der Waals surface area contributed by atoms with E-state index in [1.807, 2.05) is 26.2 Å². The van der Waals surface area contributed by atoms with Gasteiger partial charge in [-0.25, -0.2) is 4.98 Å². The van der Waals surface area contributed by atoms with Crippen molar-refractivity contribution >= 4 is 28.4 Å². The monoisotopic (exact) mass is 366 g/mol. The average molecular weight is 366 g/mol. The normalized spacial score (nSPS) is 11.1. The zero-order valence-electron chi connectivity index (χ0n) is 13.9. The predicted octanol–water partition coefficient (Wildman–Crippen LogP) is 5.56. The summed E-state index contributed by atoms with van der Waals surface area (Å²) in [6, 6.07) is 8.78. The molecule has 0 unspecified atom stereocenters. The van der Waals surface area contributed by atoms with Crippen LogP contribution in [-0.4, -0.2) is 22.0 Å². The number of aromatic amines is 1. The number of para-hydroxylation sites is 1. The number of hydrogen-bond acceptors (Lipinski definition) is 3. The Balaban J connectivity index is 0.00000109. The Kier molecular flexibility index (Phi) is 5.89. The fourth-order valence-corrected chi connectivity index (χ4v) is 2.93.